The monoisotopic (exact) mass is 360 g/mol. The zero-order valence-corrected chi connectivity index (χ0v) is 13.6. The Morgan fingerprint density at radius 2 is 2.00 bits per heavy atom. The van der Waals surface area contributed by atoms with E-state index in [1.54, 1.807) is 0 Å². The molecule has 0 spiro atoms. The number of phenolic OH excluding ortho intramolecular Hbond substituents is 1. The number of phenols is 1. The first-order valence-electron chi connectivity index (χ1n) is 7.55. The van der Waals surface area contributed by atoms with E-state index in [4.69, 9.17) is 4.74 Å². The molecule has 26 heavy (non-hydrogen) atoms. The van der Waals surface area contributed by atoms with Crippen molar-refractivity contribution in [2.75, 3.05) is 7.11 Å². The first-order chi connectivity index (χ1) is 12.4. The largest absolute Gasteiger partial charge is 0.508 e. The van der Waals surface area contributed by atoms with Gasteiger partial charge in [-0.2, -0.15) is 0 Å². The van der Waals surface area contributed by atoms with Crippen LogP contribution >= 0.6 is 0 Å². The lowest BCUT2D eigenvalue weighted by atomic mass is 10.1. The van der Waals surface area contributed by atoms with E-state index in [0.29, 0.717) is 17.0 Å². The number of hydrogen-bond donors (Lipinski definition) is 3. The third-order valence-electron chi connectivity index (χ3n) is 3.82. The fourth-order valence-corrected chi connectivity index (χ4v) is 2.54. The molecule has 6 nitrogen and oxygen atoms in total. The SMILES string of the molecule is COc1cc(O)cc2cc(C(=O)NCc3ccc(F)cc3F)c(=O)[nH]c12. The van der Waals surface area contributed by atoms with Crippen LogP contribution in [0.4, 0.5) is 8.78 Å². The van der Waals surface area contributed by atoms with Gasteiger partial charge in [-0.15, -0.1) is 0 Å². The van der Waals surface area contributed by atoms with Crippen molar-refractivity contribution in [1.29, 1.82) is 0 Å². The number of aromatic amines is 1. The maximum Gasteiger partial charge on any atom is 0.261 e. The van der Waals surface area contributed by atoms with Gasteiger partial charge in [-0.1, -0.05) is 6.07 Å². The van der Waals surface area contributed by atoms with Gasteiger partial charge in [0.15, 0.2) is 0 Å². The number of amides is 1. The standard InChI is InChI=1S/C18H14F2N2O4/c1-26-15-7-12(23)4-10-5-13(18(25)22-16(10)15)17(24)21-8-9-2-3-11(19)6-14(9)20/h2-7,23H,8H2,1H3,(H,21,24)(H,22,25). The van der Waals surface area contributed by atoms with E-state index >= 15 is 0 Å². The predicted molar refractivity (Wildman–Crippen MR) is 90.3 cm³/mol. The zero-order valence-electron chi connectivity index (χ0n) is 13.6. The highest BCUT2D eigenvalue weighted by Crippen LogP contribution is 2.28. The van der Waals surface area contributed by atoms with Gasteiger partial charge in [-0.3, -0.25) is 9.59 Å². The molecule has 0 aliphatic carbocycles. The van der Waals surface area contributed by atoms with Gasteiger partial charge in [-0.05, 0) is 18.2 Å². The fraction of sp³-hybridized carbons (Fsp3) is 0.111. The van der Waals surface area contributed by atoms with Gasteiger partial charge in [0, 0.05) is 29.6 Å². The number of rotatable bonds is 4. The molecule has 1 heterocycles. The van der Waals surface area contributed by atoms with Crippen LogP contribution < -0.4 is 15.6 Å². The van der Waals surface area contributed by atoms with Crippen LogP contribution in [0.5, 0.6) is 11.5 Å². The molecule has 0 saturated heterocycles. The molecule has 0 radical (unpaired) electrons. The Bertz CT molecular complexity index is 1060. The third-order valence-corrected chi connectivity index (χ3v) is 3.82. The van der Waals surface area contributed by atoms with Crippen molar-refractivity contribution in [2.24, 2.45) is 0 Å². The lowest BCUT2D eigenvalue weighted by Crippen LogP contribution is -2.29. The molecule has 0 atom stereocenters. The molecule has 0 bridgehead atoms. The number of hydrogen-bond acceptors (Lipinski definition) is 4. The molecular weight excluding hydrogens is 346 g/mol. The lowest BCUT2D eigenvalue weighted by molar-refractivity contribution is 0.0949. The maximum absolute atomic E-state index is 13.6. The Morgan fingerprint density at radius 1 is 1.23 bits per heavy atom. The van der Waals surface area contributed by atoms with Crippen LogP contribution in [0.25, 0.3) is 10.9 Å². The third kappa shape index (κ3) is 3.34. The summed E-state index contributed by atoms with van der Waals surface area (Å²) in [5, 5.41) is 12.5. The Kier molecular flexibility index (Phi) is 4.57. The highest BCUT2D eigenvalue weighted by atomic mass is 19.1. The summed E-state index contributed by atoms with van der Waals surface area (Å²) in [5.74, 6) is -2.11. The summed E-state index contributed by atoms with van der Waals surface area (Å²) < 4.78 is 31.6. The van der Waals surface area contributed by atoms with Crippen molar-refractivity contribution in [1.82, 2.24) is 10.3 Å². The van der Waals surface area contributed by atoms with E-state index in [1.807, 2.05) is 0 Å². The number of methoxy groups -OCH3 is 1. The molecule has 134 valence electrons. The minimum absolute atomic E-state index is 0.0799. The summed E-state index contributed by atoms with van der Waals surface area (Å²) in [4.78, 5) is 27.0. The van der Waals surface area contributed by atoms with Gasteiger partial charge in [0.05, 0.1) is 12.6 Å². The number of fused-ring (bicyclic) bond motifs is 1. The van der Waals surface area contributed by atoms with Gasteiger partial charge >= 0.3 is 0 Å². The number of H-pyrrole nitrogens is 1. The van der Waals surface area contributed by atoms with Crippen LogP contribution in [0.1, 0.15) is 15.9 Å². The van der Waals surface area contributed by atoms with Crippen molar-refractivity contribution in [3.8, 4) is 11.5 Å². The van der Waals surface area contributed by atoms with Crippen LogP contribution in [-0.2, 0) is 6.54 Å². The first-order valence-corrected chi connectivity index (χ1v) is 7.55. The first kappa shape index (κ1) is 17.4. The molecule has 1 amide bonds. The highest BCUT2D eigenvalue weighted by molar-refractivity contribution is 5.98. The van der Waals surface area contributed by atoms with E-state index in [2.05, 4.69) is 10.3 Å². The molecule has 1 aromatic heterocycles. The quantitative estimate of drug-likeness (QED) is 0.667. The molecule has 2 aromatic carbocycles. The molecule has 0 fully saturated rings. The minimum Gasteiger partial charge on any atom is -0.508 e. The summed E-state index contributed by atoms with van der Waals surface area (Å²) in [6, 6.07) is 6.98. The average Bonchev–Trinajstić information content (AvgIpc) is 2.60. The molecule has 3 N–H and O–H groups in total. The number of ether oxygens (including phenoxy) is 1. The minimum atomic E-state index is -0.799. The van der Waals surface area contributed by atoms with Crippen LogP contribution in [0.15, 0.2) is 41.2 Å². The number of pyridine rings is 1. The number of benzene rings is 2. The van der Waals surface area contributed by atoms with E-state index in [0.717, 1.165) is 6.07 Å². The van der Waals surface area contributed by atoms with E-state index in [-0.39, 0.29) is 29.2 Å². The van der Waals surface area contributed by atoms with Crippen molar-refractivity contribution in [3.63, 3.8) is 0 Å². The Balaban J connectivity index is 1.90. The number of carbonyl (C=O) groups excluding carboxylic acids is 1. The smallest absolute Gasteiger partial charge is 0.261 e. The van der Waals surface area contributed by atoms with E-state index in [1.165, 1.54) is 31.4 Å². The number of aromatic nitrogens is 1. The second-order valence-corrected chi connectivity index (χ2v) is 5.54. The van der Waals surface area contributed by atoms with Gasteiger partial charge in [0.25, 0.3) is 11.5 Å². The summed E-state index contributed by atoms with van der Waals surface area (Å²) >= 11 is 0. The Morgan fingerprint density at radius 3 is 2.69 bits per heavy atom. The molecular formula is C18H14F2N2O4. The van der Waals surface area contributed by atoms with Crippen molar-refractivity contribution in [3.05, 3.63) is 69.5 Å². The lowest BCUT2D eigenvalue weighted by Gasteiger charge is -2.09. The molecule has 0 unspecified atom stereocenters. The summed E-state index contributed by atoms with van der Waals surface area (Å²) in [6.07, 6.45) is 0. The van der Waals surface area contributed by atoms with Gasteiger partial charge in [-0.25, -0.2) is 8.78 Å². The van der Waals surface area contributed by atoms with E-state index < -0.39 is 23.1 Å². The van der Waals surface area contributed by atoms with Gasteiger partial charge < -0.3 is 20.1 Å². The number of aromatic hydroxyl groups is 1. The average molecular weight is 360 g/mol. The van der Waals surface area contributed by atoms with E-state index in [9.17, 15) is 23.5 Å². The molecule has 3 rings (SSSR count). The highest BCUT2D eigenvalue weighted by Gasteiger charge is 2.15. The normalized spacial score (nSPS) is 10.7. The number of carbonyl (C=O) groups is 1. The molecule has 8 heteroatoms. The second kappa shape index (κ2) is 6.83. The molecule has 3 aromatic rings. The maximum atomic E-state index is 13.6. The topological polar surface area (TPSA) is 91.4 Å². The van der Waals surface area contributed by atoms with Crippen molar-refractivity contribution < 1.29 is 23.4 Å². The Hall–Kier alpha value is -3.42. The number of halogens is 2. The molecule has 0 aliphatic heterocycles. The van der Waals surface area contributed by atoms with Crippen LogP contribution in [0, 0.1) is 11.6 Å². The zero-order chi connectivity index (χ0) is 18.8. The van der Waals surface area contributed by atoms with Crippen LogP contribution in [0.2, 0.25) is 0 Å². The van der Waals surface area contributed by atoms with Crippen LogP contribution in [-0.4, -0.2) is 23.1 Å². The van der Waals surface area contributed by atoms with Gasteiger partial charge in [0.2, 0.25) is 0 Å². The van der Waals surface area contributed by atoms with Crippen molar-refractivity contribution >= 4 is 16.8 Å². The Labute approximate surface area is 146 Å². The predicted octanol–water partition coefficient (Wildman–Crippen LogP) is 2.45. The fourth-order valence-electron chi connectivity index (χ4n) is 2.54. The summed E-state index contributed by atoms with van der Waals surface area (Å²) in [7, 11) is 1.38. The van der Waals surface area contributed by atoms with Crippen molar-refractivity contribution in [2.45, 2.75) is 6.54 Å². The molecule has 0 saturated carbocycles. The van der Waals surface area contributed by atoms with Crippen LogP contribution in [0.3, 0.4) is 0 Å². The molecule has 0 aliphatic rings. The van der Waals surface area contributed by atoms with Gasteiger partial charge in [0.1, 0.15) is 28.7 Å². The summed E-state index contributed by atoms with van der Waals surface area (Å²) in [5.41, 5.74) is -0.473. The second-order valence-electron chi connectivity index (χ2n) is 5.54. The summed E-state index contributed by atoms with van der Waals surface area (Å²) in [6.45, 7) is -0.216. The number of nitrogens with one attached hydrogen (secondary N) is 2.